The monoisotopic (exact) mass is 203 g/mol. The van der Waals surface area contributed by atoms with Gasteiger partial charge in [-0.25, -0.2) is 4.79 Å². The average Bonchev–Trinajstić information content (AvgIpc) is 1.85. The molecule has 13 heavy (non-hydrogen) atoms. The molecule has 0 heterocycles. The van der Waals surface area contributed by atoms with Crippen molar-refractivity contribution in [3.8, 4) is 0 Å². The van der Waals surface area contributed by atoms with Crippen molar-refractivity contribution >= 4 is 18.1 Å². The van der Waals surface area contributed by atoms with Crippen molar-refractivity contribution in [2.75, 3.05) is 0 Å². The maximum absolute atomic E-state index is 8.90. The minimum atomic E-state index is -1.69. The molecule has 0 atom stereocenters. The van der Waals surface area contributed by atoms with Crippen LogP contribution in [0.25, 0.3) is 0 Å². The number of hydrogen-bond donors (Lipinski definition) is 7. The van der Waals surface area contributed by atoms with Crippen LogP contribution in [0.1, 0.15) is 1.43 Å². The summed E-state index contributed by atoms with van der Waals surface area (Å²) in [7, 11) is 0. The second kappa shape index (κ2) is 11.0. The Morgan fingerprint density at radius 2 is 1.62 bits per heavy atom. The third-order valence-electron chi connectivity index (χ3n) is 0.347. The van der Waals surface area contributed by atoms with Gasteiger partial charge >= 0.3 is 35.7 Å². The van der Waals surface area contributed by atoms with Gasteiger partial charge in [0.05, 0.1) is 0 Å². The Morgan fingerprint density at radius 3 is 1.62 bits per heavy atom. The van der Waals surface area contributed by atoms with Gasteiger partial charge in [0.2, 0.25) is 0 Å². The topological polar surface area (TPSA) is 179 Å². The zero-order valence-corrected chi connectivity index (χ0v) is 8.87. The first-order chi connectivity index (χ1) is 5.40. The predicted octanol–water partition coefficient (Wildman–Crippen LogP) is -4.37. The van der Waals surface area contributed by atoms with Crippen LogP contribution in [0.4, 0.5) is 4.79 Å². The van der Waals surface area contributed by atoms with Crippen LogP contribution >= 0.6 is 0 Å². The van der Waals surface area contributed by atoms with Gasteiger partial charge in [0, 0.05) is 0 Å². The van der Waals surface area contributed by atoms with Crippen LogP contribution in [0.2, 0.25) is 0 Å². The quantitative estimate of drug-likeness (QED) is 0.0682. The van der Waals surface area contributed by atoms with Gasteiger partial charge in [0.1, 0.15) is 0 Å². The Labute approximate surface area is 96.8 Å². The molecule has 9 nitrogen and oxygen atoms in total. The number of carboxylic acid groups (broad SMARTS) is 1. The van der Waals surface area contributed by atoms with Crippen LogP contribution in [0.15, 0.2) is 0 Å². The molecule has 0 saturated heterocycles. The van der Waals surface area contributed by atoms with E-state index < -0.39 is 6.16 Å². The number of rotatable bonds is 0. The summed E-state index contributed by atoms with van der Waals surface area (Å²) in [6, 6.07) is 0. The zero-order valence-electron chi connectivity index (χ0n) is 7.87. The number of hydrogen-bond acceptors (Lipinski definition) is 5. The maximum Gasteiger partial charge on any atom is 1.00 e. The Hall–Kier alpha value is -1.03. The maximum atomic E-state index is 8.90. The SMILES string of the molecule is N=C(N)NC(=N)N.O=C(O)OO.[H-].[Na+]. The van der Waals surface area contributed by atoms with E-state index in [2.05, 4.69) is 4.89 Å². The second-order valence-corrected chi connectivity index (χ2v) is 1.31. The molecule has 0 aliphatic rings. The van der Waals surface area contributed by atoms with E-state index in [1.165, 1.54) is 0 Å². The normalized spacial score (nSPS) is 6.54. The molecule has 0 unspecified atom stereocenters. The molecular weight excluding hydrogens is 193 g/mol. The first-order valence-corrected chi connectivity index (χ1v) is 2.39. The van der Waals surface area contributed by atoms with E-state index in [1.54, 1.807) is 0 Å². The van der Waals surface area contributed by atoms with Crippen molar-refractivity contribution in [2.45, 2.75) is 0 Å². The molecule has 0 aromatic heterocycles. The first kappa shape index (κ1) is 17.9. The van der Waals surface area contributed by atoms with E-state index in [1.807, 2.05) is 5.32 Å². The van der Waals surface area contributed by atoms with Crippen molar-refractivity contribution in [3.05, 3.63) is 0 Å². The molecule has 0 aliphatic carbocycles. The molecule has 0 aliphatic heterocycles. The van der Waals surface area contributed by atoms with Gasteiger partial charge in [-0.05, 0) is 0 Å². The molecule has 0 bridgehead atoms. The molecule has 9 N–H and O–H groups in total. The fourth-order valence-corrected chi connectivity index (χ4v) is 0.145. The fourth-order valence-electron chi connectivity index (χ4n) is 0.145. The van der Waals surface area contributed by atoms with Crippen LogP contribution in [0.5, 0.6) is 0 Å². The van der Waals surface area contributed by atoms with Gasteiger partial charge in [0.25, 0.3) is 0 Å². The Morgan fingerprint density at radius 1 is 1.38 bits per heavy atom. The molecule has 0 fully saturated rings. The molecule has 0 aromatic rings. The van der Waals surface area contributed by atoms with E-state index in [0.29, 0.717) is 0 Å². The largest absolute Gasteiger partial charge is 1.00 e. The summed E-state index contributed by atoms with van der Waals surface area (Å²) >= 11 is 0. The van der Waals surface area contributed by atoms with E-state index >= 15 is 0 Å². The van der Waals surface area contributed by atoms with Crippen LogP contribution in [0, 0.1) is 10.8 Å². The Kier molecular flexibility index (Phi) is 15.1. The van der Waals surface area contributed by atoms with Crippen molar-refractivity contribution in [3.63, 3.8) is 0 Å². The molecule has 72 valence electrons. The minimum absolute atomic E-state index is 0. The van der Waals surface area contributed by atoms with Crippen molar-refractivity contribution in [1.29, 1.82) is 10.8 Å². The summed E-state index contributed by atoms with van der Waals surface area (Å²) in [5.74, 6) is -0.625. The molecule has 0 rings (SSSR count). The summed E-state index contributed by atoms with van der Waals surface area (Å²) in [5, 5.41) is 29.3. The molecule has 0 radical (unpaired) electrons. The smallest absolute Gasteiger partial charge is 1.00 e. The van der Waals surface area contributed by atoms with Crippen molar-refractivity contribution < 1.29 is 51.0 Å². The van der Waals surface area contributed by atoms with E-state index in [9.17, 15) is 0 Å². The Bertz CT molecular complexity index is 178. The molecular formula is C3H10N5NaO4. The van der Waals surface area contributed by atoms with Gasteiger partial charge < -0.3 is 18.0 Å². The molecule has 0 aromatic carbocycles. The summed E-state index contributed by atoms with van der Waals surface area (Å²) in [5.41, 5.74) is 9.49. The van der Waals surface area contributed by atoms with E-state index in [4.69, 9.17) is 37.4 Å². The van der Waals surface area contributed by atoms with E-state index in [0.717, 1.165) is 0 Å². The van der Waals surface area contributed by atoms with Gasteiger partial charge in [-0.3, -0.25) is 21.0 Å². The predicted molar refractivity (Wildman–Crippen MR) is 39.8 cm³/mol. The molecule has 0 amide bonds. The third-order valence-corrected chi connectivity index (χ3v) is 0.347. The standard InChI is InChI=1S/C2H7N5.CH2O4.Na.H/c3-1(4)7-2(5)6;2-1(3)5-4;;/h(H7,3,4,5,6,7);4H,(H,2,3);;/q;;+1;-1. The second-order valence-electron chi connectivity index (χ2n) is 1.31. The minimum Gasteiger partial charge on any atom is -1.00 e. The zero-order chi connectivity index (χ0) is 10.1. The van der Waals surface area contributed by atoms with E-state index in [-0.39, 0.29) is 42.9 Å². The molecule has 0 spiro atoms. The van der Waals surface area contributed by atoms with Gasteiger partial charge in [0.15, 0.2) is 11.9 Å². The number of carbonyl (C=O) groups is 1. The van der Waals surface area contributed by atoms with Gasteiger partial charge in [-0.2, -0.15) is 5.26 Å². The van der Waals surface area contributed by atoms with Crippen LogP contribution in [-0.2, 0) is 4.89 Å². The van der Waals surface area contributed by atoms with Crippen LogP contribution in [0.3, 0.4) is 0 Å². The number of nitrogens with two attached hydrogens (primary N) is 2. The van der Waals surface area contributed by atoms with Crippen molar-refractivity contribution in [1.82, 2.24) is 5.32 Å². The number of guanidine groups is 2. The number of nitrogens with one attached hydrogen (secondary N) is 3. The van der Waals surface area contributed by atoms with Crippen LogP contribution < -0.4 is 46.3 Å². The van der Waals surface area contributed by atoms with Crippen molar-refractivity contribution in [2.24, 2.45) is 11.5 Å². The average molecular weight is 203 g/mol. The summed E-state index contributed by atoms with van der Waals surface area (Å²) in [4.78, 5) is 11.6. The fraction of sp³-hybridized carbons (Fsp3) is 0. The van der Waals surface area contributed by atoms with Crippen LogP contribution in [-0.4, -0.2) is 28.4 Å². The summed E-state index contributed by atoms with van der Waals surface area (Å²) in [6.07, 6.45) is -1.69. The Balaban J connectivity index is -0.0000000651. The summed E-state index contributed by atoms with van der Waals surface area (Å²) < 4.78 is 0. The third kappa shape index (κ3) is 35.7. The van der Waals surface area contributed by atoms with Gasteiger partial charge in [-0.1, -0.05) is 0 Å². The molecule has 0 saturated carbocycles. The summed E-state index contributed by atoms with van der Waals surface area (Å²) in [6.45, 7) is 0. The first-order valence-electron chi connectivity index (χ1n) is 2.39. The van der Waals surface area contributed by atoms with Gasteiger partial charge in [-0.15, -0.1) is 0 Å². The molecule has 10 heteroatoms.